The fraction of sp³-hybridized carbons (Fsp3) is 0.438. The Morgan fingerprint density at radius 1 is 1.37 bits per heavy atom. The third-order valence-corrected chi connectivity index (χ3v) is 4.15. The van der Waals surface area contributed by atoms with E-state index in [-0.39, 0.29) is 5.78 Å². The largest absolute Gasteiger partial charge is 0.360 e. The first-order chi connectivity index (χ1) is 9.15. The number of carbonyl (C=O) groups is 1. The van der Waals surface area contributed by atoms with Crippen molar-refractivity contribution < 1.29 is 4.79 Å². The van der Waals surface area contributed by atoms with Crippen LogP contribution >= 0.6 is 0 Å². The molecule has 19 heavy (non-hydrogen) atoms. The Labute approximate surface area is 113 Å². The lowest BCUT2D eigenvalue weighted by atomic mass is 10.1. The molecule has 0 amide bonds. The van der Waals surface area contributed by atoms with Crippen LogP contribution in [0.4, 0.5) is 0 Å². The van der Waals surface area contributed by atoms with Gasteiger partial charge in [0, 0.05) is 35.2 Å². The van der Waals surface area contributed by atoms with Gasteiger partial charge in [-0.2, -0.15) is 0 Å². The van der Waals surface area contributed by atoms with Gasteiger partial charge < -0.3 is 4.98 Å². The zero-order valence-corrected chi connectivity index (χ0v) is 11.5. The molecule has 2 heterocycles. The number of hydrogen-bond acceptors (Lipinski definition) is 2. The van der Waals surface area contributed by atoms with Crippen LogP contribution in [0.3, 0.4) is 0 Å². The number of rotatable bonds is 3. The van der Waals surface area contributed by atoms with Gasteiger partial charge >= 0.3 is 0 Å². The molecule has 0 radical (unpaired) electrons. The highest BCUT2D eigenvalue weighted by Crippen LogP contribution is 2.24. The van der Waals surface area contributed by atoms with Crippen molar-refractivity contribution in [2.75, 3.05) is 13.1 Å². The van der Waals surface area contributed by atoms with Gasteiger partial charge in [-0.15, -0.1) is 0 Å². The van der Waals surface area contributed by atoms with Gasteiger partial charge in [0.25, 0.3) is 0 Å². The second-order valence-corrected chi connectivity index (χ2v) is 5.79. The number of H-pyrrole nitrogens is 1. The van der Waals surface area contributed by atoms with Gasteiger partial charge in [0.1, 0.15) is 0 Å². The number of ketones is 1. The molecule has 1 aliphatic rings. The van der Waals surface area contributed by atoms with Gasteiger partial charge in [0.15, 0.2) is 5.78 Å². The number of aromatic amines is 1. The number of likely N-dealkylation sites (tertiary alicyclic amines) is 1. The van der Waals surface area contributed by atoms with E-state index in [0.29, 0.717) is 18.5 Å². The second-order valence-electron chi connectivity index (χ2n) is 5.79. The molecule has 3 heteroatoms. The number of benzene rings is 1. The first-order valence-corrected chi connectivity index (χ1v) is 6.98. The summed E-state index contributed by atoms with van der Waals surface area (Å²) in [5, 5.41) is 1.03. The predicted octanol–water partition coefficient (Wildman–Crippen LogP) is 3.08. The van der Waals surface area contributed by atoms with Crippen molar-refractivity contribution in [3.05, 3.63) is 36.0 Å². The highest BCUT2D eigenvalue weighted by molar-refractivity contribution is 6.08. The van der Waals surface area contributed by atoms with E-state index in [1.807, 2.05) is 30.5 Å². The summed E-state index contributed by atoms with van der Waals surface area (Å²) in [6.45, 7) is 6.04. The van der Waals surface area contributed by atoms with Gasteiger partial charge in [-0.1, -0.05) is 25.1 Å². The van der Waals surface area contributed by atoms with Crippen LogP contribution in [0.25, 0.3) is 10.9 Å². The Bertz CT molecular complexity index is 602. The van der Waals surface area contributed by atoms with Gasteiger partial charge in [0.05, 0.1) is 6.54 Å². The summed E-state index contributed by atoms with van der Waals surface area (Å²) in [6.07, 6.45) is 3.04. The molecule has 100 valence electrons. The molecular formula is C16H20N2O. The Balaban J connectivity index is 1.81. The minimum absolute atomic E-state index is 0.221. The van der Waals surface area contributed by atoms with Crippen LogP contribution < -0.4 is 0 Å². The van der Waals surface area contributed by atoms with Gasteiger partial charge in [-0.25, -0.2) is 0 Å². The van der Waals surface area contributed by atoms with E-state index < -0.39 is 0 Å². The summed E-state index contributed by atoms with van der Waals surface area (Å²) in [7, 11) is 0. The average molecular weight is 256 g/mol. The number of carbonyl (C=O) groups excluding carboxylic acids is 1. The summed E-state index contributed by atoms with van der Waals surface area (Å²) in [5.74, 6) is 0.921. The molecule has 2 unspecified atom stereocenters. The van der Waals surface area contributed by atoms with E-state index in [9.17, 15) is 4.79 Å². The maximum atomic E-state index is 12.5. The number of nitrogens with one attached hydrogen (secondary N) is 1. The second kappa shape index (κ2) is 4.82. The summed E-state index contributed by atoms with van der Waals surface area (Å²) in [5.41, 5.74) is 1.86. The van der Waals surface area contributed by atoms with Gasteiger partial charge in [-0.05, 0) is 25.3 Å². The maximum Gasteiger partial charge on any atom is 0.178 e. The zero-order valence-electron chi connectivity index (χ0n) is 11.5. The molecule has 3 nitrogen and oxygen atoms in total. The van der Waals surface area contributed by atoms with Crippen molar-refractivity contribution >= 4 is 16.7 Å². The lowest BCUT2D eigenvalue weighted by molar-refractivity contribution is 0.0926. The third kappa shape index (κ3) is 2.30. The van der Waals surface area contributed by atoms with E-state index in [0.717, 1.165) is 23.0 Å². The predicted molar refractivity (Wildman–Crippen MR) is 77.4 cm³/mol. The summed E-state index contributed by atoms with van der Waals surface area (Å²) in [4.78, 5) is 17.9. The molecule has 1 aromatic carbocycles. The molecule has 0 spiro atoms. The normalized spacial score (nSPS) is 24.1. The molecule has 2 atom stereocenters. The topological polar surface area (TPSA) is 36.1 Å². The van der Waals surface area contributed by atoms with Crippen molar-refractivity contribution in [3.8, 4) is 0 Å². The Kier molecular flexibility index (Phi) is 3.15. The lowest BCUT2D eigenvalue weighted by Gasteiger charge is -2.19. The molecule has 2 aromatic rings. The van der Waals surface area contributed by atoms with Crippen LogP contribution in [0.1, 0.15) is 30.6 Å². The SMILES string of the molecule is CC1CC(C)N(CC(=O)c2c[nH]c3ccccc23)C1. The molecule has 0 bridgehead atoms. The number of fused-ring (bicyclic) bond motifs is 1. The molecule has 1 aliphatic heterocycles. The highest BCUT2D eigenvalue weighted by atomic mass is 16.1. The fourth-order valence-corrected chi connectivity index (χ4v) is 3.18. The Morgan fingerprint density at radius 3 is 2.89 bits per heavy atom. The van der Waals surface area contributed by atoms with Gasteiger partial charge in [-0.3, -0.25) is 9.69 Å². The molecule has 3 rings (SSSR count). The first-order valence-electron chi connectivity index (χ1n) is 6.98. The van der Waals surface area contributed by atoms with E-state index in [4.69, 9.17) is 0 Å². The van der Waals surface area contributed by atoms with Gasteiger partial charge in [0.2, 0.25) is 0 Å². The van der Waals surface area contributed by atoms with Crippen LogP contribution in [-0.4, -0.2) is 34.8 Å². The van der Waals surface area contributed by atoms with Crippen LogP contribution in [0.5, 0.6) is 0 Å². The monoisotopic (exact) mass is 256 g/mol. The summed E-state index contributed by atoms with van der Waals surface area (Å²) >= 11 is 0. The lowest BCUT2D eigenvalue weighted by Crippen LogP contribution is -2.32. The number of para-hydroxylation sites is 1. The first kappa shape index (κ1) is 12.4. The van der Waals surface area contributed by atoms with Crippen molar-refractivity contribution in [2.24, 2.45) is 5.92 Å². The third-order valence-electron chi connectivity index (χ3n) is 4.15. The molecule has 1 aromatic heterocycles. The fourth-order valence-electron chi connectivity index (χ4n) is 3.18. The highest BCUT2D eigenvalue weighted by Gasteiger charge is 2.28. The van der Waals surface area contributed by atoms with E-state index >= 15 is 0 Å². The van der Waals surface area contributed by atoms with Crippen LogP contribution in [0.2, 0.25) is 0 Å². The smallest absolute Gasteiger partial charge is 0.178 e. The summed E-state index contributed by atoms with van der Waals surface area (Å²) in [6, 6.07) is 8.50. The molecule has 0 saturated carbocycles. The van der Waals surface area contributed by atoms with Crippen LogP contribution in [0.15, 0.2) is 30.5 Å². The molecule has 1 fully saturated rings. The molecule has 0 aliphatic carbocycles. The number of nitrogens with zero attached hydrogens (tertiary/aromatic N) is 1. The Morgan fingerprint density at radius 2 is 2.16 bits per heavy atom. The summed E-state index contributed by atoms with van der Waals surface area (Å²) < 4.78 is 0. The minimum atomic E-state index is 0.221. The van der Waals surface area contributed by atoms with Crippen LogP contribution in [-0.2, 0) is 0 Å². The van der Waals surface area contributed by atoms with E-state index in [1.54, 1.807) is 0 Å². The van der Waals surface area contributed by atoms with Crippen molar-refractivity contribution in [2.45, 2.75) is 26.3 Å². The standard InChI is InChI=1S/C16H20N2O/c1-11-7-12(2)18(9-11)10-16(19)14-8-17-15-6-4-3-5-13(14)15/h3-6,8,11-12,17H,7,9-10H2,1-2H3. The quantitative estimate of drug-likeness (QED) is 0.857. The minimum Gasteiger partial charge on any atom is -0.360 e. The molecule has 1 N–H and O–H groups in total. The van der Waals surface area contributed by atoms with Crippen molar-refractivity contribution in [1.82, 2.24) is 9.88 Å². The average Bonchev–Trinajstić information content (AvgIpc) is 2.93. The number of Topliss-reactive ketones (excluding diaryl/α,β-unsaturated/α-hetero) is 1. The number of hydrogen-bond donors (Lipinski definition) is 1. The van der Waals surface area contributed by atoms with E-state index in [2.05, 4.69) is 23.7 Å². The Hall–Kier alpha value is -1.61. The van der Waals surface area contributed by atoms with Crippen molar-refractivity contribution in [3.63, 3.8) is 0 Å². The van der Waals surface area contributed by atoms with Crippen LogP contribution in [0, 0.1) is 5.92 Å². The van der Waals surface area contributed by atoms with E-state index in [1.165, 1.54) is 6.42 Å². The number of aromatic nitrogens is 1. The molecular weight excluding hydrogens is 236 g/mol. The maximum absolute atomic E-state index is 12.5. The zero-order chi connectivity index (χ0) is 13.4. The van der Waals surface area contributed by atoms with Crippen molar-refractivity contribution in [1.29, 1.82) is 0 Å². The molecule has 1 saturated heterocycles.